The largest absolute Gasteiger partial charge is 0.462 e. The summed E-state index contributed by atoms with van der Waals surface area (Å²) in [7, 11) is -4.51. The molecular weight excluding hydrogens is 557 g/mol. The van der Waals surface area contributed by atoms with Gasteiger partial charge in [0.1, 0.15) is 41.8 Å². The number of aliphatic hydroxyl groups excluding tert-OH is 1. The van der Waals surface area contributed by atoms with Crippen LogP contribution in [0.25, 0.3) is 0 Å². The molecular formula is C24H33F2N4O9P. The lowest BCUT2D eigenvalue weighted by atomic mass is 9.86. The SMILES string of the molecule is CC(C)OC(=O)[C@H](C)N[P@](=O)(Oc1ccccc1)OC(C)(C)[C@H]1O[C@@H](n2cc(F)c(=O)[nH]c2=O)[C@@](N)(CF)C1O. The average molecular weight is 591 g/mol. The fourth-order valence-corrected chi connectivity index (χ4v) is 5.94. The van der Waals surface area contributed by atoms with E-state index in [9.17, 15) is 32.8 Å². The van der Waals surface area contributed by atoms with Crippen molar-refractivity contribution in [2.75, 3.05) is 6.67 Å². The van der Waals surface area contributed by atoms with Gasteiger partial charge in [-0.15, -0.1) is 0 Å². The Hall–Kier alpha value is -2.94. The first kappa shape index (κ1) is 31.6. The van der Waals surface area contributed by atoms with Gasteiger partial charge in [-0.1, -0.05) is 18.2 Å². The normalized spacial score (nSPS) is 25.4. The molecule has 2 heterocycles. The summed E-state index contributed by atoms with van der Waals surface area (Å²) in [5.41, 5.74) is -0.529. The van der Waals surface area contributed by atoms with Gasteiger partial charge in [0.05, 0.1) is 12.3 Å². The zero-order valence-electron chi connectivity index (χ0n) is 22.5. The van der Waals surface area contributed by atoms with Crippen molar-refractivity contribution in [2.24, 2.45) is 5.73 Å². The Morgan fingerprint density at radius 3 is 2.50 bits per heavy atom. The first-order chi connectivity index (χ1) is 18.5. The molecule has 1 aromatic carbocycles. The molecule has 16 heteroatoms. The molecule has 1 aliphatic rings. The Bertz CT molecular complexity index is 1370. The van der Waals surface area contributed by atoms with Crippen molar-refractivity contribution in [1.29, 1.82) is 0 Å². The van der Waals surface area contributed by atoms with Crippen molar-refractivity contribution in [3.8, 4) is 5.75 Å². The van der Waals surface area contributed by atoms with E-state index in [1.54, 1.807) is 37.0 Å². The first-order valence-corrected chi connectivity index (χ1v) is 13.8. The predicted octanol–water partition coefficient (Wildman–Crippen LogP) is 1.51. The van der Waals surface area contributed by atoms with Gasteiger partial charge in [-0.3, -0.25) is 23.7 Å². The van der Waals surface area contributed by atoms with E-state index in [2.05, 4.69) is 5.09 Å². The Morgan fingerprint density at radius 2 is 1.93 bits per heavy atom. The molecule has 1 aromatic heterocycles. The quantitative estimate of drug-likeness (QED) is 0.220. The van der Waals surface area contributed by atoms with Gasteiger partial charge in [0.15, 0.2) is 6.23 Å². The summed E-state index contributed by atoms with van der Waals surface area (Å²) in [5.74, 6) is -2.05. The molecule has 222 valence electrons. The summed E-state index contributed by atoms with van der Waals surface area (Å²) >= 11 is 0. The monoisotopic (exact) mass is 590 g/mol. The number of alkyl halides is 1. The van der Waals surface area contributed by atoms with Crippen LogP contribution in [-0.4, -0.2) is 62.8 Å². The summed E-state index contributed by atoms with van der Waals surface area (Å²) in [6.45, 7) is 5.80. The molecule has 40 heavy (non-hydrogen) atoms. The fourth-order valence-electron chi connectivity index (χ4n) is 4.09. The third-order valence-corrected chi connectivity index (χ3v) is 7.91. The Kier molecular flexibility index (Phi) is 9.39. The summed E-state index contributed by atoms with van der Waals surface area (Å²) in [5, 5.41) is 13.6. The van der Waals surface area contributed by atoms with Gasteiger partial charge in [-0.2, -0.15) is 9.48 Å². The van der Waals surface area contributed by atoms with Crippen LogP contribution >= 0.6 is 7.75 Å². The number of ether oxygens (including phenoxy) is 2. The molecule has 0 spiro atoms. The molecule has 3 rings (SSSR count). The summed E-state index contributed by atoms with van der Waals surface area (Å²) < 4.78 is 65.2. The number of para-hydroxylation sites is 1. The van der Waals surface area contributed by atoms with Crippen LogP contribution in [-0.2, 0) is 23.4 Å². The molecule has 2 aromatic rings. The van der Waals surface area contributed by atoms with Gasteiger partial charge < -0.3 is 24.8 Å². The number of halogens is 2. The van der Waals surface area contributed by atoms with Crippen LogP contribution in [0, 0.1) is 5.82 Å². The third-order valence-electron chi connectivity index (χ3n) is 6.05. The number of nitrogens with zero attached hydrogens (tertiary/aromatic N) is 1. The molecule has 1 aliphatic heterocycles. The number of aliphatic hydroxyl groups is 1. The number of hydrogen-bond acceptors (Lipinski definition) is 10. The minimum Gasteiger partial charge on any atom is -0.462 e. The number of H-pyrrole nitrogens is 1. The average Bonchev–Trinajstić information content (AvgIpc) is 3.12. The van der Waals surface area contributed by atoms with Crippen LogP contribution in [0.15, 0.2) is 46.1 Å². The smallest absolute Gasteiger partial charge is 0.460 e. The predicted molar refractivity (Wildman–Crippen MR) is 138 cm³/mol. The van der Waals surface area contributed by atoms with Gasteiger partial charge in [-0.25, -0.2) is 13.8 Å². The van der Waals surface area contributed by atoms with E-state index in [-0.39, 0.29) is 5.75 Å². The number of benzene rings is 1. The molecule has 1 unspecified atom stereocenters. The van der Waals surface area contributed by atoms with E-state index in [1.165, 1.54) is 32.9 Å². The molecule has 0 radical (unpaired) electrons. The number of aromatic nitrogens is 2. The lowest BCUT2D eigenvalue weighted by Crippen LogP contribution is -2.59. The number of carbonyl (C=O) groups excluding carboxylic acids is 1. The molecule has 0 aliphatic carbocycles. The Labute approximate surface area is 228 Å². The van der Waals surface area contributed by atoms with Gasteiger partial charge in [-0.05, 0) is 46.8 Å². The number of hydrogen-bond donors (Lipinski definition) is 4. The number of aromatic amines is 1. The lowest BCUT2D eigenvalue weighted by Gasteiger charge is -2.37. The van der Waals surface area contributed by atoms with Crippen LogP contribution in [0.5, 0.6) is 5.75 Å². The van der Waals surface area contributed by atoms with E-state index < -0.39 is 79.2 Å². The molecule has 1 saturated heterocycles. The minimum absolute atomic E-state index is 0.0940. The van der Waals surface area contributed by atoms with Crippen molar-refractivity contribution in [3.05, 3.63) is 63.2 Å². The fraction of sp³-hybridized carbons (Fsp3) is 0.542. The molecule has 1 fully saturated rings. The Morgan fingerprint density at radius 1 is 1.30 bits per heavy atom. The number of rotatable bonds is 11. The molecule has 6 atom stereocenters. The van der Waals surface area contributed by atoms with Gasteiger partial charge in [0.25, 0.3) is 5.56 Å². The van der Waals surface area contributed by atoms with Gasteiger partial charge in [0.2, 0.25) is 5.82 Å². The Balaban J connectivity index is 1.98. The second-order valence-electron chi connectivity index (χ2n) is 10.2. The maximum atomic E-state index is 14.3. The highest BCUT2D eigenvalue weighted by Gasteiger charge is 2.61. The van der Waals surface area contributed by atoms with E-state index in [4.69, 9.17) is 24.3 Å². The van der Waals surface area contributed by atoms with Gasteiger partial charge >= 0.3 is 19.4 Å². The van der Waals surface area contributed by atoms with Crippen molar-refractivity contribution in [2.45, 2.75) is 76.3 Å². The topological polar surface area (TPSA) is 184 Å². The van der Waals surface area contributed by atoms with Crippen molar-refractivity contribution in [3.63, 3.8) is 0 Å². The van der Waals surface area contributed by atoms with Crippen LogP contribution in [0.4, 0.5) is 8.78 Å². The van der Waals surface area contributed by atoms with Crippen LogP contribution < -0.4 is 26.6 Å². The summed E-state index contributed by atoms with van der Waals surface area (Å²) in [4.78, 5) is 38.0. The lowest BCUT2D eigenvalue weighted by molar-refractivity contribution is -0.149. The highest BCUT2D eigenvalue weighted by Crippen LogP contribution is 2.52. The molecule has 5 N–H and O–H groups in total. The summed E-state index contributed by atoms with van der Waals surface area (Å²) in [6, 6.07) is 6.63. The number of nitrogens with two attached hydrogens (primary N) is 1. The molecule has 0 bridgehead atoms. The second-order valence-corrected chi connectivity index (χ2v) is 11.8. The maximum Gasteiger partial charge on any atom is 0.460 e. The van der Waals surface area contributed by atoms with Crippen LogP contribution in [0.3, 0.4) is 0 Å². The number of carbonyl (C=O) groups is 1. The molecule has 13 nitrogen and oxygen atoms in total. The first-order valence-electron chi connectivity index (χ1n) is 12.3. The van der Waals surface area contributed by atoms with Crippen molar-refractivity contribution < 1.29 is 41.8 Å². The third kappa shape index (κ3) is 6.67. The van der Waals surface area contributed by atoms with E-state index in [1.807, 2.05) is 0 Å². The van der Waals surface area contributed by atoms with Gasteiger partial charge in [0, 0.05) is 0 Å². The zero-order chi connectivity index (χ0) is 30.0. The maximum absolute atomic E-state index is 14.3. The molecule has 0 amide bonds. The van der Waals surface area contributed by atoms with E-state index in [0.717, 1.165) is 0 Å². The van der Waals surface area contributed by atoms with Crippen LogP contribution in [0.2, 0.25) is 0 Å². The highest BCUT2D eigenvalue weighted by molar-refractivity contribution is 7.52. The molecule has 0 saturated carbocycles. The van der Waals surface area contributed by atoms with Crippen molar-refractivity contribution in [1.82, 2.24) is 14.6 Å². The number of nitrogens with one attached hydrogen (secondary N) is 2. The zero-order valence-corrected chi connectivity index (χ0v) is 23.4. The summed E-state index contributed by atoms with van der Waals surface area (Å²) in [6.07, 6.45) is -5.32. The van der Waals surface area contributed by atoms with E-state index >= 15 is 0 Å². The number of esters is 1. The highest BCUT2D eigenvalue weighted by atomic mass is 31.2. The van der Waals surface area contributed by atoms with Crippen molar-refractivity contribution >= 4 is 13.7 Å². The standard InChI is InChI=1S/C24H33F2N4O9P/c1-13(2)36-20(33)14(3)29-40(35,38-15-9-7-6-8-10-15)39-23(4,5)18-17(31)24(27,12-25)21(37-18)30-11-16(26)19(32)28-22(30)34/h6-11,13-14,17-18,21,31H,12,27H2,1-5H3,(H,29,35)(H,28,32,34)/t14-,17?,18-,21+,24+,40-/m0/s1. The van der Waals surface area contributed by atoms with E-state index in [0.29, 0.717) is 10.8 Å². The van der Waals surface area contributed by atoms with Crippen LogP contribution in [0.1, 0.15) is 40.8 Å². The second kappa shape index (κ2) is 11.9. The minimum atomic E-state index is -4.51.